The van der Waals surface area contributed by atoms with E-state index in [0.29, 0.717) is 12.6 Å². The van der Waals surface area contributed by atoms with Crippen molar-refractivity contribution in [3.05, 3.63) is 62.2 Å². The fourth-order valence-corrected chi connectivity index (χ4v) is 2.71. The van der Waals surface area contributed by atoms with Crippen molar-refractivity contribution in [1.82, 2.24) is 5.32 Å². The van der Waals surface area contributed by atoms with E-state index in [0.717, 1.165) is 28.4 Å². The number of nitrogens with one attached hydrogen (secondary N) is 1. The molecule has 1 aliphatic rings. The normalized spacial score (nSPS) is 14.2. The minimum Gasteiger partial charge on any atom is -0.489 e. The molecule has 0 aromatic heterocycles. The third-order valence-electron chi connectivity index (χ3n) is 3.53. The largest absolute Gasteiger partial charge is 0.489 e. The zero-order valence-electron chi connectivity index (χ0n) is 11.6. The van der Waals surface area contributed by atoms with Crippen molar-refractivity contribution in [3.63, 3.8) is 0 Å². The van der Waals surface area contributed by atoms with Gasteiger partial charge in [0, 0.05) is 26.7 Å². The first-order chi connectivity index (χ1) is 10.2. The standard InChI is InChI=1S/C17H17ClINO/c18-16-2-1-3-17(15(16)10-20-14-8-9-14)21-11-12-4-6-13(19)7-5-12/h1-7,14,20H,8-11H2. The second kappa shape index (κ2) is 6.99. The lowest BCUT2D eigenvalue weighted by Crippen LogP contribution is -2.16. The van der Waals surface area contributed by atoms with Gasteiger partial charge in [0.1, 0.15) is 12.4 Å². The van der Waals surface area contributed by atoms with Gasteiger partial charge in [0.25, 0.3) is 0 Å². The Labute approximate surface area is 144 Å². The number of hydrogen-bond donors (Lipinski definition) is 1. The zero-order chi connectivity index (χ0) is 14.7. The van der Waals surface area contributed by atoms with Crippen LogP contribution in [0.15, 0.2) is 42.5 Å². The highest BCUT2D eigenvalue weighted by molar-refractivity contribution is 14.1. The quantitative estimate of drug-likeness (QED) is 0.689. The summed E-state index contributed by atoms with van der Waals surface area (Å²) in [5.74, 6) is 0.870. The number of benzene rings is 2. The molecule has 3 rings (SSSR count). The van der Waals surface area contributed by atoms with Crippen molar-refractivity contribution in [1.29, 1.82) is 0 Å². The lowest BCUT2D eigenvalue weighted by atomic mass is 10.2. The predicted molar refractivity (Wildman–Crippen MR) is 94.8 cm³/mol. The molecular formula is C17H17ClINO. The monoisotopic (exact) mass is 413 g/mol. The molecule has 0 amide bonds. The van der Waals surface area contributed by atoms with Gasteiger partial charge >= 0.3 is 0 Å². The van der Waals surface area contributed by atoms with Crippen LogP contribution < -0.4 is 10.1 Å². The number of hydrogen-bond acceptors (Lipinski definition) is 2. The number of ether oxygens (including phenoxy) is 1. The van der Waals surface area contributed by atoms with Crippen molar-refractivity contribution in [3.8, 4) is 5.75 Å². The van der Waals surface area contributed by atoms with Gasteiger partial charge in [-0.05, 0) is 65.3 Å². The molecule has 1 saturated carbocycles. The van der Waals surface area contributed by atoms with Gasteiger partial charge in [-0.3, -0.25) is 0 Å². The van der Waals surface area contributed by atoms with E-state index in [9.17, 15) is 0 Å². The maximum Gasteiger partial charge on any atom is 0.125 e. The lowest BCUT2D eigenvalue weighted by Gasteiger charge is -2.13. The summed E-state index contributed by atoms with van der Waals surface area (Å²) in [7, 11) is 0. The SMILES string of the molecule is Clc1cccc(OCc2ccc(I)cc2)c1CNC1CC1. The molecule has 0 spiro atoms. The second-order valence-electron chi connectivity index (χ2n) is 5.29. The van der Waals surface area contributed by atoms with Crippen molar-refractivity contribution in [2.75, 3.05) is 0 Å². The summed E-state index contributed by atoms with van der Waals surface area (Å²) in [4.78, 5) is 0. The molecule has 110 valence electrons. The van der Waals surface area contributed by atoms with Crippen molar-refractivity contribution < 1.29 is 4.74 Å². The number of halogens is 2. The topological polar surface area (TPSA) is 21.3 Å². The third kappa shape index (κ3) is 4.34. The molecule has 0 saturated heterocycles. The lowest BCUT2D eigenvalue weighted by molar-refractivity contribution is 0.302. The molecule has 0 aliphatic heterocycles. The van der Waals surface area contributed by atoms with Crippen LogP contribution in [0.2, 0.25) is 5.02 Å². The molecule has 1 aliphatic carbocycles. The smallest absolute Gasteiger partial charge is 0.125 e. The first kappa shape index (κ1) is 15.1. The highest BCUT2D eigenvalue weighted by Crippen LogP contribution is 2.28. The Morgan fingerprint density at radius 3 is 2.62 bits per heavy atom. The molecule has 4 heteroatoms. The minimum absolute atomic E-state index is 0.563. The summed E-state index contributed by atoms with van der Waals surface area (Å²) >= 11 is 8.62. The average Bonchev–Trinajstić information content (AvgIpc) is 3.30. The molecular weight excluding hydrogens is 397 g/mol. The van der Waals surface area contributed by atoms with Gasteiger partial charge in [-0.2, -0.15) is 0 Å². The van der Waals surface area contributed by atoms with Crippen LogP contribution in [0.5, 0.6) is 5.75 Å². The van der Waals surface area contributed by atoms with E-state index in [4.69, 9.17) is 16.3 Å². The Kier molecular flexibility index (Phi) is 5.03. The van der Waals surface area contributed by atoms with Crippen LogP contribution >= 0.6 is 34.2 Å². The summed E-state index contributed by atoms with van der Waals surface area (Å²) in [6.07, 6.45) is 2.53. The van der Waals surface area contributed by atoms with Gasteiger partial charge in [0.2, 0.25) is 0 Å². The van der Waals surface area contributed by atoms with Gasteiger partial charge in [0.05, 0.1) is 0 Å². The third-order valence-corrected chi connectivity index (χ3v) is 4.60. The van der Waals surface area contributed by atoms with Crippen LogP contribution in [0.4, 0.5) is 0 Å². The fourth-order valence-electron chi connectivity index (χ4n) is 2.12. The van der Waals surface area contributed by atoms with Crippen LogP contribution in [-0.2, 0) is 13.2 Å². The average molecular weight is 414 g/mol. The molecule has 0 bridgehead atoms. The van der Waals surface area contributed by atoms with E-state index >= 15 is 0 Å². The Morgan fingerprint density at radius 1 is 1.14 bits per heavy atom. The predicted octanol–water partition coefficient (Wildman–Crippen LogP) is 4.78. The Bertz CT molecular complexity index is 611. The summed E-state index contributed by atoms with van der Waals surface area (Å²) < 4.78 is 7.20. The van der Waals surface area contributed by atoms with Crippen molar-refractivity contribution in [2.45, 2.75) is 32.0 Å². The van der Waals surface area contributed by atoms with Crippen molar-refractivity contribution in [2.24, 2.45) is 0 Å². The first-order valence-electron chi connectivity index (χ1n) is 7.10. The maximum atomic E-state index is 6.31. The molecule has 0 unspecified atom stereocenters. The van der Waals surface area contributed by atoms with Gasteiger partial charge in [0.15, 0.2) is 0 Å². The summed E-state index contributed by atoms with van der Waals surface area (Å²) in [5.41, 5.74) is 2.22. The van der Waals surface area contributed by atoms with E-state index in [2.05, 4.69) is 52.2 Å². The molecule has 0 atom stereocenters. The second-order valence-corrected chi connectivity index (χ2v) is 6.94. The van der Waals surface area contributed by atoms with E-state index in [-0.39, 0.29) is 0 Å². The Balaban J connectivity index is 1.68. The van der Waals surface area contributed by atoms with E-state index in [1.807, 2.05) is 18.2 Å². The summed E-state index contributed by atoms with van der Waals surface area (Å²) in [6.45, 7) is 1.33. The number of rotatable bonds is 6. The maximum absolute atomic E-state index is 6.31. The van der Waals surface area contributed by atoms with Crippen molar-refractivity contribution >= 4 is 34.2 Å². The summed E-state index contributed by atoms with van der Waals surface area (Å²) in [6, 6.07) is 14.9. The highest BCUT2D eigenvalue weighted by atomic mass is 127. The van der Waals surface area contributed by atoms with E-state index < -0.39 is 0 Å². The molecule has 2 aromatic carbocycles. The zero-order valence-corrected chi connectivity index (χ0v) is 14.5. The van der Waals surface area contributed by atoms with E-state index in [1.165, 1.54) is 16.4 Å². The van der Waals surface area contributed by atoms with Gasteiger partial charge < -0.3 is 10.1 Å². The molecule has 2 nitrogen and oxygen atoms in total. The molecule has 1 N–H and O–H groups in total. The molecule has 2 aromatic rings. The Morgan fingerprint density at radius 2 is 1.90 bits per heavy atom. The molecule has 1 fully saturated rings. The van der Waals surface area contributed by atoms with Crippen LogP contribution in [0.25, 0.3) is 0 Å². The minimum atomic E-state index is 0.563. The molecule has 0 radical (unpaired) electrons. The van der Waals surface area contributed by atoms with Crippen LogP contribution in [0.3, 0.4) is 0 Å². The van der Waals surface area contributed by atoms with Gasteiger partial charge in [-0.1, -0.05) is 29.8 Å². The van der Waals surface area contributed by atoms with Crippen LogP contribution in [0, 0.1) is 3.57 Å². The van der Waals surface area contributed by atoms with Gasteiger partial charge in [-0.25, -0.2) is 0 Å². The summed E-state index contributed by atoms with van der Waals surface area (Å²) in [5, 5.41) is 4.26. The van der Waals surface area contributed by atoms with Crippen LogP contribution in [-0.4, -0.2) is 6.04 Å². The van der Waals surface area contributed by atoms with Gasteiger partial charge in [-0.15, -0.1) is 0 Å². The molecule has 21 heavy (non-hydrogen) atoms. The van der Waals surface area contributed by atoms with E-state index in [1.54, 1.807) is 0 Å². The van der Waals surface area contributed by atoms with Crippen LogP contribution in [0.1, 0.15) is 24.0 Å². The fraction of sp³-hybridized carbons (Fsp3) is 0.294. The first-order valence-corrected chi connectivity index (χ1v) is 8.56. The highest BCUT2D eigenvalue weighted by Gasteiger charge is 2.21. The Hall–Kier alpha value is -0.780. The molecule has 0 heterocycles.